The third-order valence-corrected chi connectivity index (χ3v) is 3.75. The van der Waals surface area contributed by atoms with Crippen molar-refractivity contribution in [1.82, 2.24) is 5.32 Å². The van der Waals surface area contributed by atoms with Gasteiger partial charge in [0.05, 0.1) is 25.7 Å². The lowest BCUT2D eigenvalue weighted by Crippen LogP contribution is -2.38. The SMILES string of the molecule is CNC1COCC1C(=O)OCCC1CCC1. The molecule has 92 valence electrons. The lowest BCUT2D eigenvalue weighted by atomic mass is 9.83. The first-order valence-corrected chi connectivity index (χ1v) is 6.23. The molecule has 1 heterocycles. The molecule has 0 spiro atoms. The summed E-state index contributed by atoms with van der Waals surface area (Å²) >= 11 is 0. The predicted molar refractivity (Wildman–Crippen MR) is 60.1 cm³/mol. The molecule has 0 bridgehead atoms. The van der Waals surface area contributed by atoms with Crippen LogP contribution in [0.15, 0.2) is 0 Å². The minimum Gasteiger partial charge on any atom is -0.465 e. The Hall–Kier alpha value is -0.610. The fourth-order valence-electron chi connectivity index (χ4n) is 2.29. The molecular weight excluding hydrogens is 206 g/mol. The third-order valence-electron chi connectivity index (χ3n) is 3.75. The van der Waals surface area contributed by atoms with E-state index in [0.29, 0.717) is 19.8 Å². The highest BCUT2D eigenvalue weighted by molar-refractivity contribution is 5.73. The maximum Gasteiger partial charge on any atom is 0.312 e. The van der Waals surface area contributed by atoms with Crippen molar-refractivity contribution in [3.8, 4) is 0 Å². The van der Waals surface area contributed by atoms with Gasteiger partial charge in [-0.2, -0.15) is 0 Å². The van der Waals surface area contributed by atoms with Crippen LogP contribution in [-0.4, -0.2) is 38.9 Å². The van der Waals surface area contributed by atoms with Gasteiger partial charge >= 0.3 is 5.97 Å². The van der Waals surface area contributed by atoms with Crippen LogP contribution < -0.4 is 5.32 Å². The molecule has 0 aromatic rings. The Morgan fingerprint density at radius 3 is 2.88 bits per heavy atom. The standard InChI is InChI=1S/C12H21NO3/c1-13-11-8-15-7-10(11)12(14)16-6-5-9-3-2-4-9/h9-11,13H,2-8H2,1H3. The number of nitrogens with one attached hydrogen (secondary N) is 1. The van der Waals surface area contributed by atoms with Crippen LogP contribution in [0.3, 0.4) is 0 Å². The minimum atomic E-state index is -0.119. The fraction of sp³-hybridized carbons (Fsp3) is 0.917. The van der Waals surface area contributed by atoms with Crippen LogP contribution in [0.25, 0.3) is 0 Å². The quantitative estimate of drug-likeness (QED) is 0.711. The Kier molecular flexibility index (Phi) is 4.18. The summed E-state index contributed by atoms with van der Waals surface area (Å²) in [5.74, 6) is 0.579. The summed E-state index contributed by atoms with van der Waals surface area (Å²) in [5, 5.41) is 3.09. The number of rotatable bonds is 5. The van der Waals surface area contributed by atoms with Gasteiger partial charge in [0.15, 0.2) is 0 Å². The van der Waals surface area contributed by atoms with E-state index in [0.717, 1.165) is 12.3 Å². The van der Waals surface area contributed by atoms with Gasteiger partial charge in [0.2, 0.25) is 0 Å². The van der Waals surface area contributed by atoms with E-state index in [1.807, 2.05) is 7.05 Å². The molecule has 0 amide bonds. The molecule has 1 saturated heterocycles. The monoisotopic (exact) mass is 227 g/mol. The Bertz CT molecular complexity index is 240. The van der Waals surface area contributed by atoms with Gasteiger partial charge in [-0.25, -0.2) is 0 Å². The van der Waals surface area contributed by atoms with Gasteiger partial charge in [-0.15, -0.1) is 0 Å². The van der Waals surface area contributed by atoms with E-state index in [2.05, 4.69) is 5.32 Å². The summed E-state index contributed by atoms with van der Waals surface area (Å²) in [7, 11) is 1.86. The Balaban J connectivity index is 1.66. The van der Waals surface area contributed by atoms with E-state index >= 15 is 0 Å². The van der Waals surface area contributed by atoms with Gasteiger partial charge in [-0.3, -0.25) is 4.79 Å². The fourth-order valence-corrected chi connectivity index (χ4v) is 2.29. The van der Waals surface area contributed by atoms with Gasteiger partial charge in [-0.1, -0.05) is 19.3 Å². The second-order valence-corrected chi connectivity index (χ2v) is 4.79. The van der Waals surface area contributed by atoms with E-state index in [-0.39, 0.29) is 17.9 Å². The normalized spacial score (nSPS) is 30.1. The number of likely N-dealkylation sites (N-methyl/N-ethyl adjacent to an activating group) is 1. The van der Waals surface area contributed by atoms with Crippen LogP contribution >= 0.6 is 0 Å². The Morgan fingerprint density at radius 2 is 2.25 bits per heavy atom. The second kappa shape index (κ2) is 5.64. The van der Waals surface area contributed by atoms with Crippen molar-refractivity contribution >= 4 is 5.97 Å². The van der Waals surface area contributed by atoms with Gasteiger partial charge in [0.1, 0.15) is 0 Å². The van der Waals surface area contributed by atoms with E-state index in [4.69, 9.17) is 9.47 Å². The summed E-state index contributed by atoms with van der Waals surface area (Å²) in [5.41, 5.74) is 0. The van der Waals surface area contributed by atoms with Crippen molar-refractivity contribution in [3.63, 3.8) is 0 Å². The maximum absolute atomic E-state index is 11.8. The molecule has 4 heteroatoms. The van der Waals surface area contributed by atoms with Crippen LogP contribution in [0.1, 0.15) is 25.7 Å². The van der Waals surface area contributed by atoms with Crippen LogP contribution in [0.5, 0.6) is 0 Å². The molecule has 2 atom stereocenters. The lowest BCUT2D eigenvalue weighted by molar-refractivity contribution is -0.149. The zero-order chi connectivity index (χ0) is 11.4. The van der Waals surface area contributed by atoms with Crippen molar-refractivity contribution in [2.45, 2.75) is 31.7 Å². The van der Waals surface area contributed by atoms with Gasteiger partial charge < -0.3 is 14.8 Å². The predicted octanol–water partition coefficient (Wildman–Crippen LogP) is 0.954. The first kappa shape index (κ1) is 11.9. The molecule has 2 aliphatic rings. The average molecular weight is 227 g/mol. The van der Waals surface area contributed by atoms with E-state index in [1.54, 1.807) is 0 Å². The summed E-state index contributed by atoms with van der Waals surface area (Å²) in [6, 6.07) is 0.121. The highest BCUT2D eigenvalue weighted by Crippen LogP contribution is 2.29. The highest BCUT2D eigenvalue weighted by Gasteiger charge is 2.34. The number of hydrogen-bond acceptors (Lipinski definition) is 4. The second-order valence-electron chi connectivity index (χ2n) is 4.79. The molecule has 0 radical (unpaired) electrons. The molecule has 1 N–H and O–H groups in total. The maximum atomic E-state index is 11.8. The van der Waals surface area contributed by atoms with Crippen LogP contribution in [0.2, 0.25) is 0 Å². The van der Waals surface area contributed by atoms with Crippen LogP contribution in [-0.2, 0) is 14.3 Å². The first-order valence-electron chi connectivity index (χ1n) is 6.23. The van der Waals surface area contributed by atoms with Crippen LogP contribution in [0, 0.1) is 11.8 Å². The summed E-state index contributed by atoms with van der Waals surface area (Å²) in [6.45, 7) is 1.68. The minimum absolute atomic E-state index is 0.101. The van der Waals surface area contributed by atoms with Crippen molar-refractivity contribution in [1.29, 1.82) is 0 Å². The van der Waals surface area contributed by atoms with E-state index < -0.39 is 0 Å². The summed E-state index contributed by atoms with van der Waals surface area (Å²) < 4.78 is 10.6. The molecule has 4 nitrogen and oxygen atoms in total. The number of ether oxygens (including phenoxy) is 2. The zero-order valence-electron chi connectivity index (χ0n) is 9.91. The van der Waals surface area contributed by atoms with Gasteiger partial charge in [0, 0.05) is 6.04 Å². The largest absolute Gasteiger partial charge is 0.465 e. The van der Waals surface area contributed by atoms with Gasteiger partial charge in [0.25, 0.3) is 0 Å². The third kappa shape index (κ3) is 2.74. The molecular formula is C12H21NO3. The van der Waals surface area contributed by atoms with E-state index in [1.165, 1.54) is 19.3 Å². The topological polar surface area (TPSA) is 47.6 Å². The average Bonchev–Trinajstić information content (AvgIpc) is 2.69. The number of hydrogen-bond donors (Lipinski definition) is 1. The molecule has 2 rings (SSSR count). The molecule has 16 heavy (non-hydrogen) atoms. The molecule has 2 unspecified atom stereocenters. The smallest absolute Gasteiger partial charge is 0.312 e. The Labute approximate surface area is 96.7 Å². The molecule has 0 aromatic heterocycles. The molecule has 1 aliphatic heterocycles. The molecule has 0 aromatic carbocycles. The Morgan fingerprint density at radius 1 is 1.44 bits per heavy atom. The lowest BCUT2D eigenvalue weighted by Gasteiger charge is -2.25. The van der Waals surface area contributed by atoms with Crippen LogP contribution in [0.4, 0.5) is 0 Å². The highest BCUT2D eigenvalue weighted by atomic mass is 16.5. The first-order chi connectivity index (χ1) is 7.81. The molecule has 2 fully saturated rings. The molecule has 1 saturated carbocycles. The van der Waals surface area contributed by atoms with Crippen molar-refractivity contribution in [2.75, 3.05) is 26.9 Å². The number of esters is 1. The summed E-state index contributed by atoms with van der Waals surface area (Å²) in [4.78, 5) is 11.8. The van der Waals surface area contributed by atoms with Crippen molar-refractivity contribution in [2.24, 2.45) is 11.8 Å². The number of carbonyl (C=O) groups is 1. The van der Waals surface area contributed by atoms with Gasteiger partial charge in [-0.05, 0) is 19.4 Å². The summed E-state index contributed by atoms with van der Waals surface area (Å²) in [6.07, 6.45) is 4.99. The van der Waals surface area contributed by atoms with E-state index in [9.17, 15) is 4.79 Å². The van der Waals surface area contributed by atoms with Crippen molar-refractivity contribution in [3.05, 3.63) is 0 Å². The van der Waals surface area contributed by atoms with Crippen molar-refractivity contribution < 1.29 is 14.3 Å². The number of carbonyl (C=O) groups excluding carboxylic acids is 1. The zero-order valence-corrected chi connectivity index (χ0v) is 9.91. The molecule has 1 aliphatic carbocycles.